The number of hydrogen-bond donors (Lipinski definition) is 0. The van der Waals surface area contributed by atoms with Crippen LogP contribution in [0.3, 0.4) is 0 Å². The van der Waals surface area contributed by atoms with Crippen molar-refractivity contribution in [3.05, 3.63) is 55.1 Å². The highest BCUT2D eigenvalue weighted by molar-refractivity contribution is 14.1. The summed E-state index contributed by atoms with van der Waals surface area (Å²) in [7, 11) is 1.28. The molecule has 0 amide bonds. The number of rotatable bonds is 5. The highest BCUT2D eigenvalue weighted by Gasteiger charge is 2.14. The van der Waals surface area contributed by atoms with E-state index in [4.69, 9.17) is 9.47 Å². The summed E-state index contributed by atoms with van der Waals surface area (Å²) in [6.45, 7) is 4.48. The van der Waals surface area contributed by atoms with Gasteiger partial charge in [0.15, 0.2) is 0 Å². The first-order valence-corrected chi connectivity index (χ1v) is 9.28. The number of carbonyl (C=O) groups excluding carboxylic acids is 1. The molecule has 0 radical (unpaired) electrons. The molecule has 0 saturated carbocycles. The molecule has 2 aromatic rings. The molecule has 0 atom stereocenters. The average molecular weight is 505 g/mol. The lowest BCUT2D eigenvalue weighted by Crippen LogP contribution is -2.10. The number of aryl methyl sites for hydroxylation is 2. The SMILES string of the molecule is CCc1cc(Br)c(OCc2c(I)cccc2OC(=O)OC)cc1C. The van der Waals surface area contributed by atoms with Gasteiger partial charge in [0.2, 0.25) is 0 Å². The summed E-state index contributed by atoms with van der Waals surface area (Å²) in [5, 5.41) is 0. The molecule has 128 valence electrons. The minimum Gasteiger partial charge on any atom is -0.488 e. The maximum Gasteiger partial charge on any atom is 0.513 e. The molecule has 0 aliphatic heterocycles. The second kappa shape index (κ2) is 8.71. The zero-order valence-electron chi connectivity index (χ0n) is 13.7. The van der Waals surface area contributed by atoms with Crippen LogP contribution in [-0.2, 0) is 17.8 Å². The summed E-state index contributed by atoms with van der Waals surface area (Å²) in [4.78, 5) is 11.4. The van der Waals surface area contributed by atoms with Crippen LogP contribution in [0.1, 0.15) is 23.6 Å². The second-order valence-corrected chi connectivity index (χ2v) is 7.14. The van der Waals surface area contributed by atoms with E-state index in [1.807, 2.05) is 18.2 Å². The van der Waals surface area contributed by atoms with Gasteiger partial charge in [-0.1, -0.05) is 13.0 Å². The number of methoxy groups -OCH3 is 1. The van der Waals surface area contributed by atoms with Crippen LogP contribution in [0.5, 0.6) is 11.5 Å². The highest BCUT2D eigenvalue weighted by atomic mass is 127. The van der Waals surface area contributed by atoms with E-state index in [1.165, 1.54) is 18.2 Å². The van der Waals surface area contributed by atoms with Crippen LogP contribution in [0.2, 0.25) is 0 Å². The summed E-state index contributed by atoms with van der Waals surface area (Å²) < 4.78 is 17.6. The van der Waals surface area contributed by atoms with E-state index in [0.717, 1.165) is 25.8 Å². The van der Waals surface area contributed by atoms with Crippen LogP contribution in [0.25, 0.3) is 0 Å². The molecule has 0 N–H and O–H groups in total. The van der Waals surface area contributed by atoms with Crippen LogP contribution in [-0.4, -0.2) is 13.3 Å². The zero-order valence-corrected chi connectivity index (χ0v) is 17.4. The largest absolute Gasteiger partial charge is 0.513 e. The van der Waals surface area contributed by atoms with Crippen molar-refractivity contribution in [3.63, 3.8) is 0 Å². The van der Waals surface area contributed by atoms with Gasteiger partial charge in [0.25, 0.3) is 0 Å². The van der Waals surface area contributed by atoms with Crippen molar-refractivity contribution < 1.29 is 19.0 Å². The summed E-state index contributed by atoms with van der Waals surface area (Å²) in [5.41, 5.74) is 3.26. The fourth-order valence-corrected chi connectivity index (χ4v) is 3.38. The van der Waals surface area contributed by atoms with Crippen molar-refractivity contribution in [1.82, 2.24) is 0 Å². The number of halogens is 2. The molecule has 0 aliphatic carbocycles. The first-order valence-electron chi connectivity index (χ1n) is 7.41. The normalized spacial score (nSPS) is 10.4. The Bertz CT molecular complexity index is 746. The first kappa shape index (κ1) is 19.1. The Balaban J connectivity index is 2.23. The smallest absolute Gasteiger partial charge is 0.488 e. The van der Waals surface area contributed by atoms with Crippen LogP contribution >= 0.6 is 38.5 Å². The van der Waals surface area contributed by atoms with Crippen molar-refractivity contribution >= 4 is 44.7 Å². The van der Waals surface area contributed by atoms with E-state index < -0.39 is 6.16 Å². The van der Waals surface area contributed by atoms with Gasteiger partial charge in [-0.3, -0.25) is 0 Å². The average Bonchev–Trinajstić information content (AvgIpc) is 2.56. The molecule has 0 bridgehead atoms. The fraction of sp³-hybridized carbons (Fsp3) is 0.278. The van der Waals surface area contributed by atoms with Gasteiger partial charge < -0.3 is 14.2 Å². The molecule has 0 unspecified atom stereocenters. The molecule has 4 nitrogen and oxygen atoms in total. The van der Waals surface area contributed by atoms with Crippen LogP contribution in [0.4, 0.5) is 4.79 Å². The Morgan fingerprint density at radius 1 is 1.25 bits per heavy atom. The number of carbonyl (C=O) groups is 1. The summed E-state index contributed by atoms with van der Waals surface area (Å²) in [6, 6.07) is 9.56. The molecule has 0 saturated heterocycles. The van der Waals surface area contributed by atoms with Crippen molar-refractivity contribution in [2.24, 2.45) is 0 Å². The lowest BCUT2D eigenvalue weighted by molar-refractivity contribution is 0.120. The Hall–Kier alpha value is -1.28. The third-order valence-corrected chi connectivity index (χ3v) is 5.21. The summed E-state index contributed by atoms with van der Waals surface area (Å²) in [6.07, 6.45) is 0.223. The minimum absolute atomic E-state index is 0.287. The van der Waals surface area contributed by atoms with E-state index in [2.05, 4.69) is 63.2 Å². The zero-order chi connectivity index (χ0) is 17.7. The van der Waals surface area contributed by atoms with E-state index in [0.29, 0.717) is 5.75 Å². The van der Waals surface area contributed by atoms with Crippen LogP contribution in [0, 0.1) is 10.5 Å². The fourth-order valence-electron chi connectivity index (χ4n) is 2.24. The third-order valence-electron chi connectivity index (χ3n) is 3.58. The monoisotopic (exact) mass is 504 g/mol. The molecule has 2 rings (SSSR count). The van der Waals surface area contributed by atoms with Gasteiger partial charge in [-0.15, -0.1) is 0 Å². The molecule has 0 fully saturated rings. The Kier molecular flexibility index (Phi) is 6.91. The maximum atomic E-state index is 11.4. The number of benzene rings is 2. The first-order chi connectivity index (χ1) is 11.5. The Morgan fingerprint density at radius 3 is 2.67 bits per heavy atom. The standard InChI is InChI=1S/C18H18BrIO4/c1-4-12-9-14(19)17(8-11(12)2)23-10-13-15(20)6-5-7-16(13)24-18(21)22-3/h5-9H,4,10H2,1-3H3. The molecule has 6 heteroatoms. The van der Waals surface area contributed by atoms with Crippen molar-refractivity contribution in [2.45, 2.75) is 26.9 Å². The lowest BCUT2D eigenvalue weighted by atomic mass is 10.1. The number of hydrogen-bond acceptors (Lipinski definition) is 4. The number of ether oxygens (including phenoxy) is 3. The summed E-state index contributed by atoms with van der Waals surface area (Å²) in [5.74, 6) is 1.19. The molecule has 0 spiro atoms. The van der Waals surface area contributed by atoms with Gasteiger partial charge in [0, 0.05) is 9.13 Å². The van der Waals surface area contributed by atoms with E-state index >= 15 is 0 Å². The maximum absolute atomic E-state index is 11.4. The molecule has 0 aromatic heterocycles. The third kappa shape index (κ3) is 4.63. The lowest BCUT2D eigenvalue weighted by Gasteiger charge is -2.15. The predicted octanol–water partition coefficient (Wildman–Crippen LogP) is 5.65. The molecule has 0 heterocycles. The van der Waals surface area contributed by atoms with Crippen molar-refractivity contribution in [3.8, 4) is 11.5 Å². The van der Waals surface area contributed by atoms with Gasteiger partial charge in [-0.2, -0.15) is 0 Å². The predicted molar refractivity (Wildman–Crippen MR) is 105 cm³/mol. The van der Waals surface area contributed by atoms with E-state index in [9.17, 15) is 4.79 Å². The van der Waals surface area contributed by atoms with Crippen molar-refractivity contribution in [1.29, 1.82) is 0 Å². The topological polar surface area (TPSA) is 44.8 Å². The van der Waals surface area contributed by atoms with Crippen molar-refractivity contribution in [2.75, 3.05) is 7.11 Å². The van der Waals surface area contributed by atoms with Gasteiger partial charge in [0.05, 0.1) is 11.6 Å². The molecular formula is C18H18BrIO4. The molecule has 24 heavy (non-hydrogen) atoms. The highest BCUT2D eigenvalue weighted by Crippen LogP contribution is 2.31. The van der Waals surface area contributed by atoms with Gasteiger partial charge >= 0.3 is 6.16 Å². The van der Waals surface area contributed by atoms with Gasteiger partial charge in [-0.25, -0.2) is 4.79 Å². The van der Waals surface area contributed by atoms with Crippen LogP contribution < -0.4 is 9.47 Å². The van der Waals surface area contributed by atoms with Gasteiger partial charge in [0.1, 0.15) is 18.1 Å². The molecular weight excluding hydrogens is 487 g/mol. The second-order valence-electron chi connectivity index (χ2n) is 5.12. The quantitative estimate of drug-likeness (QED) is 0.300. The van der Waals surface area contributed by atoms with Crippen LogP contribution in [0.15, 0.2) is 34.8 Å². The summed E-state index contributed by atoms with van der Waals surface area (Å²) >= 11 is 5.74. The Morgan fingerprint density at radius 2 is 2.00 bits per heavy atom. The Labute approximate surface area is 163 Å². The van der Waals surface area contributed by atoms with Gasteiger partial charge in [-0.05, 0) is 87.3 Å². The molecule has 0 aliphatic rings. The minimum atomic E-state index is -0.748. The van der Waals surface area contributed by atoms with E-state index in [1.54, 1.807) is 6.07 Å². The van der Waals surface area contributed by atoms with E-state index in [-0.39, 0.29) is 6.61 Å². The molecule has 2 aromatic carbocycles.